The van der Waals surface area contributed by atoms with Gasteiger partial charge in [-0.3, -0.25) is 0 Å². The van der Waals surface area contributed by atoms with E-state index in [1.165, 1.54) is 25.7 Å². The van der Waals surface area contributed by atoms with Gasteiger partial charge in [0.15, 0.2) is 0 Å². The Kier molecular flexibility index (Phi) is 3.74. The summed E-state index contributed by atoms with van der Waals surface area (Å²) in [6.45, 7) is 7.04. The Hall–Kier alpha value is -0.0800. The lowest BCUT2D eigenvalue weighted by atomic mass is 9.97. The minimum absolute atomic E-state index is 0.136. The average Bonchev–Trinajstić information content (AvgIpc) is 2.52. The van der Waals surface area contributed by atoms with Crippen LogP contribution in [0, 0.1) is 5.92 Å². The normalized spacial score (nSPS) is 22.2. The molecule has 0 saturated heterocycles. The fourth-order valence-electron chi connectivity index (χ4n) is 1.77. The largest absolute Gasteiger partial charge is 0.392 e. The van der Waals surface area contributed by atoms with Crippen LogP contribution in [0.2, 0.25) is 0 Å². The predicted molar refractivity (Wildman–Crippen MR) is 55.7 cm³/mol. The van der Waals surface area contributed by atoms with Gasteiger partial charge in [-0.05, 0) is 46.1 Å². The molecule has 2 nitrogen and oxygen atoms in total. The van der Waals surface area contributed by atoms with Crippen LogP contribution in [0.5, 0.6) is 0 Å². The minimum Gasteiger partial charge on any atom is -0.392 e. The van der Waals surface area contributed by atoms with Gasteiger partial charge in [0.1, 0.15) is 0 Å². The molecule has 78 valence electrons. The Morgan fingerprint density at radius 2 is 1.92 bits per heavy atom. The molecule has 0 amide bonds. The molecule has 13 heavy (non-hydrogen) atoms. The molecule has 2 N–H and O–H groups in total. The molecule has 0 aliphatic heterocycles. The predicted octanol–water partition coefficient (Wildman–Crippen LogP) is 1.93. The van der Waals surface area contributed by atoms with Crippen molar-refractivity contribution in [2.45, 2.75) is 58.1 Å². The Labute approximate surface area is 81.7 Å². The molecule has 0 radical (unpaired) electrons. The molecule has 0 heterocycles. The van der Waals surface area contributed by atoms with Gasteiger partial charge in [0.05, 0.1) is 6.10 Å². The van der Waals surface area contributed by atoms with Crippen molar-refractivity contribution in [2.75, 3.05) is 6.54 Å². The number of aliphatic hydroxyl groups excluding tert-OH is 1. The van der Waals surface area contributed by atoms with E-state index in [9.17, 15) is 5.11 Å². The maximum Gasteiger partial charge on any atom is 0.0688 e. The lowest BCUT2D eigenvalue weighted by molar-refractivity contribution is 0.0937. The molecule has 1 aliphatic rings. The molecule has 1 atom stereocenters. The standard InChI is InChI=1S/C11H23NO/c1-9(13)11(2,3)12-8-10-6-4-5-7-10/h9-10,12-13H,4-8H2,1-3H3. The first-order valence-electron chi connectivity index (χ1n) is 5.45. The van der Waals surface area contributed by atoms with E-state index < -0.39 is 0 Å². The third kappa shape index (κ3) is 3.28. The second-order valence-corrected chi connectivity index (χ2v) is 4.93. The second kappa shape index (κ2) is 4.43. The van der Waals surface area contributed by atoms with E-state index >= 15 is 0 Å². The summed E-state index contributed by atoms with van der Waals surface area (Å²) < 4.78 is 0. The molecular formula is C11H23NO. The van der Waals surface area contributed by atoms with Crippen molar-refractivity contribution in [2.24, 2.45) is 5.92 Å². The first-order valence-corrected chi connectivity index (χ1v) is 5.45. The van der Waals surface area contributed by atoms with Gasteiger partial charge in [0.25, 0.3) is 0 Å². The summed E-state index contributed by atoms with van der Waals surface area (Å²) in [6.07, 6.45) is 5.23. The highest BCUT2D eigenvalue weighted by atomic mass is 16.3. The molecule has 1 aliphatic carbocycles. The topological polar surface area (TPSA) is 32.3 Å². The van der Waals surface area contributed by atoms with Crippen LogP contribution in [-0.4, -0.2) is 23.3 Å². The van der Waals surface area contributed by atoms with E-state index in [4.69, 9.17) is 0 Å². The zero-order valence-corrected chi connectivity index (χ0v) is 9.14. The monoisotopic (exact) mass is 185 g/mol. The molecule has 1 unspecified atom stereocenters. The summed E-state index contributed by atoms with van der Waals surface area (Å²) in [6, 6.07) is 0. The lowest BCUT2D eigenvalue weighted by Crippen LogP contribution is -2.49. The van der Waals surface area contributed by atoms with Gasteiger partial charge >= 0.3 is 0 Å². The zero-order chi connectivity index (χ0) is 9.90. The molecule has 0 aromatic rings. The van der Waals surface area contributed by atoms with E-state index in [0.29, 0.717) is 0 Å². The van der Waals surface area contributed by atoms with Crippen molar-refractivity contribution in [3.05, 3.63) is 0 Å². The van der Waals surface area contributed by atoms with Gasteiger partial charge < -0.3 is 10.4 Å². The summed E-state index contributed by atoms with van der Waals surface area (Å²) >= 11 is 0. The first kappa shape index (κ1) is 11.0. The average molecular weight is 185 g/mol. The van der Waals surface area contributed by atoms with Gasteiger partial charge in [0.2, 0.25) is 0 Å². The van der Waals surface area contributed by atoms with E-state index in [2.05, 4.69) is 19.2 Å². The third-order valence-corrected chi connectivity index (χ3v) is 3.37. The van der Waals surface area contributed by atoms with E-state index in [0.717, 1.165) is 12.5 Å². The minimum atomic E-state index is -0.283. The highest BCUT2D eigenvalue weighted by Crippen LogP contribution is 2.24. The Balaban J connectivity index is 2.24. The molecule has 0 bridgehead atoms. The molecule has 1 saturated carbocycles. The maximum absolute atomic E-state index is 9.49. The molecule has 1 rings (SSSR count). The highest BCUT2D eigenvalue weighted by molar-refractivity contribution is 4.84. The van der Waals surface area contributed by atoms with E-state index in [1.807, 2.05) is 6.92 Å². The van der Waals surface area contributed by atoms with Crippen molar-refractivity contribution in [1.82, 2.24) is 5.32 Å². The second-order valence-electron chi connectivity index (χ2n) is 4.93. The van der Waals surface area contributed by atoms with Crippen LogP contribution in [0.15, 0.2) is 0 Å². The molecule has 2 heteroatoms. The van der Waals surface area contributed by atoms with Gasteiger partial charge in [-0.25, -0.2) is 0 Å². The van der Waals surface area contributed by atoms with E-state index in [-0.39, 0.29) is 11.6 Å². The van der Waals surface area contributed by atoms with Crippen LogP contribution in [0.1, 0.15) is 46.5 Å². The van der Waals surface area contributed by atoms with Crippen molar-refractivity contribution < 1.29 is 5.11 Å². The molecule has 0 aromatic heterocycles. The quantitative estimate of drug-likeness (QED) is 0.701. The van der Waals surface area contributed by atoms with Crippen molar-refractivity contribution in [1.29, 1.82) is 0 Å². The number of rotatable bonds is 4. The zero-order valence-electron chi connectivity index (χ0n) is 9.14. The van der Waals surface area contributed by atoms with Gasteiger partial charge in [-0.2, -0.15) is 0 Å². The number of hydrogen-bond acceptors (Lipinski definition) is 2. The van der Waals surface area contributed by atoms with Crippen LogP contribution < -0.4 is 5.32 Å². The van der Waals surface area contributed by atoms with Crippen molar-refractivity contribution in [3.8, 4) is 0 Å². The number of hydrogen-bond donors (Lipinski definition) is 2. The molecule has 0 spiro atoms. The Morgan fingerprint density at radius 3 is 2.38 bits per heavy atom. The Bertz CT molecular complexity index is 148. The summed E-state index contributed by atoms with van der Waals surface area (Å²) in [4.78, 5) is 0. The fourth-order valence-corrected chi connectivity index (χ4v) is 1.77. The van der Waals surface area contributed by atoms with Crippen LogP contribution in [-0.2, 0) is 0 Å². The van der Waals surface area contributed by atoms with Gasteiger partial charge in [-0.15, -0.1) is 0 Å². The van der Waals surface area contributed by atoms with Crippen LogP contribution >= 0.6 is 0 Å². The smallest absolute Gasteiger partial charge is 0.0688 e. The Morgan fingerprint density at radius 1 is 1.38 bits per heavy atom. The first-order chi connectivity index (χ1) is 6.02. The number of nitrogens with one attached hydrogen (secondary N) is 1. The van der Waals surface area contributed by atoms with Crippen LogP contribution in [0.3, 0.4) is 0 Å². The third-order valence-electron chi connectivity index (χ3n) is 3.37. The summed E-state index contributed by atoms with van der Waals surface area (Å²) in [5, 5.41) is 12.9. The number of aliphatic hydroxyl groups is 1. The van der Waals surface area contributed by atoms with Crippen molar-refractivity contribution >= 4 is 0 Å². The lowest BCUT2D eigenvalue weighted by Gasteiger charge is -2.30. The summed E-state index contributed by atoms with van der Waals surface area (Å²) in [5.74, 6) is 0.845. The fraction of sp³-hybridized carbons (Fsp3) is 1.00. The molecule has 1 fully saturated rings. The molecule has 0 aromatic carbocycles. The van der Waals surface area contributed by atoms with Crippen LogP contribution in [0.25, 0.3) is 0 Å². The van der Waals surface area contributed by atoms with E-state index in [1.54, 1.807) is 0 Å². The SMILES string of the molecule is CC(O)C(C)(C)NCC1CCCC1. The highest BCUT2D eigenvalue weighted by Gasteiger charge is 2.25. The van der Waals surface area contributed by atoms with Crippen LogP contribution in [0.4, 0.5) is 0 Å². The van der Waals surface area contributed by atoms with Gasteiger partial charge in [-0.1, -0.05) is 12.8 Å². The molecular weight excluding hydrogens is 162 g/mol. The summed E-state index contributed by atoms with van der Waals surface area (Å²) in [5.41, 5.74) is -0.136. The summed E-state index contributed by atoms with van der Waals surface area (Å²) in [7, 11) is 0. The van der Waals surface area contributed by atoms with Crippen molar-refractivity contribution in [3.63, 3.8) is 0 Å². The van der Waals surface area contributed by atoms with Gasteiger partial charge in [0, 0.05) is 5.54 Å². The maximum atomic E-state index is 9.49.